The average Bonchev–Trinajstić information content (AvgIpc) is 2.46. The molecule has 1 aromatic carbocycles. The fourth-order valence-electron chi connectivity index (χ4n) is 2.28. The number of amides is 1. The van der Waals surface area contributed by atoms with Crippen LogP contribution in [-0.2, 0) is 4.79 Å². The van der Waals surface area contributed by atoms with E-state index < -0.39 is 5.97 Å². The molecule has 2 aromatic rings. The summed E-state index contributed by atoms with van der Waals surface area (Å²) in [4.78, 5) is 32.5. The van der Waals surface area contributed by atoms with Gasteiger partial charge < -0.3 is 15.3 Å². The summed E-state index contributed by atoms with van der Waals surface area (Å²) in [6.45, 7) is 0.223. The van der Waals surface area contributed by atoms with Crippen molar-refractivity contribution in [2.24, 2.45) is 0 Å². The maximum absolute atomic E-state index is 11.5. The summed E-state index contributed by atoms with van der Waals surface area (Å²) in [6.07, 6.45) is 1.37. The van der Waals surface area contributed by atoms with Crippen LogP contribution >= 0.6 is 0 Å². The van der Waals surface area contributed by atoms with Crippen LogP contribution in [0.1, 0.15) is 10.4 Å². The zero-order valence-electron chi connectivity index (χ0n) is 11.2. The highest BCUT2D eigenvalue weighted by atomic mass is 16.4. The van der Waals surface area contributed by atoms with Gasteiger partial charge >= 0.3 is 5.97 Å². The van der Waals surface area contributed by atoms with Gasteiger partial charge in [0.1, 0.15) is 12.0 Å². The van der Waals surface area contributed by atoms with Crippen LogP contribution in [0.2, 0.25) is 0 Å². The Bertz CT molecular complexity index is 727. The molecule has 106 valence electrons. The van der Waals surface area contributed by atoms with E-state index in [2.05, 4.69) is 15.3 Å². The van der Waals surface area contributed by atoms with Crippen molar-refractivity contribution in [2.75, 3.05) is 23.8 Å². The molecule has 0 unspecified atom stereocenters. The predicted molar refractivity (Wildman–Crippen MR) is 76.3 cm³/mol. The smallest absolute Gasteiger partial charge is 0.335 e. The lowest BCUT2D eigenvalue weighted by molar-refractivity contribution is -0.115. The van der Waals surface area contributed by atoms with Crippen LogP contribution < -0.4 is 10.2 Å². The van der Waals surface area contributed by atoms with E-state index in [1.807, 2.05) is 0 Å². The number of rotatable bonds is 2. The van der Waals surface area contributed by atoms with Gasteiger partial charge in [-0.25, -0.2) is 14.8 Å². The SMILES string of the molecule is CN1CC(=O)Nc2ncnc(-c3ccc(C(=O)O)cc3)c21. The van der Waals surface area contributed by atoms with E-state index in [0.29, 0.717) is 11.5 Å². The van der Waals surface area contributed by atoms with E-state index in [9.17, 15) is 9.59 Å². The normalized spacial score (nSPS) is 13.6. The van der Waals surface area contributed by atoms with Crippen molar-refractivity contribution >= 4 is 23.4 Å². The van der Waals surface area contributed by atoms with Crippen molar-refractivity contribution in [1.29, 1.82) is 0 Å². The molecule has 3 rings (SSSR count). The first-order valence-electron chi connectivity index (χ1n) is 6.26. The number of nitrogens with zero attached hydrogens (tertiary/aromatic N) is 3. The lowest BCUT2D eigenvalue weighted by atomic mass is 10.1. The third-order valence-corrected chi connectivity index (χ3v) is 3.25. The lowest BCUT2D eigenvalue weighted by Crippen LogP contribution is -2.36. The third-order valence-electron chi connectivity index (χ3n) is 3.25. The highest BCUT2D eigenvalue weighted by Gasteiger charge is 2.24. The summed E-state index contributed by atoms with van der Waals surface area (Å²) in [5.74, 6) is -0.646. The minimum absolute atomic E-state index is 0.129. The van der Waals surface area contributed by atoms with E-state index in [1.54, 1.807) is 24.1 Å². The number of anilines is 2. The van der Waals surface area contributed by atoms with Crippen molar-refractivity contribution in [1.82, 2.24) is 9.97 Å². The largest absolute Gasteiger partial charge is 0.478 e. The van der Waals surface area contributed by atoms with Crippen LogP contribution in [0.15, 0.2) is 30.6 Å². The first-order chi connectivity index (χ1) is 10.1. The second-order valence-electron chi connectivity index (χ2n) is 4.71. The van der Waals surface area contributed by atoms with Gasteiger partial charge in [0.15, 0.2) is 5.82 Å². The Morgan fingerprint density at radius 1 is 1.29 bits per heavy atom. The number of hydrogen-bond donors (Lipinski definition) is 2. The number of likely N-dealkylation sites (N-methyl/N-ethyl adjacent to an activating group) is 1. The topological polar surface area (TPSA) is 95.4 Å². The molecule has 0 aliphatic carbocycles. The van der Waals surface area contributed by atoms with Crippen LogP contribution in [0, 0.1) is 0 Å². The van der Waals surface area contributed by atoms with E-state index in [1.165, 1.54) is 18.5 Å². The van der Waals surface area contributed by atoms with E-state index in [4.69, 9.17) is 5.11 Å². The number of aromatic nitrogens is 2. The Morgan fingerprint density at radius 2 is 2.00 bits per heavy atom. The quantitative estimate of drug-likeness (QED) is 0.861. The number of carboxylic acids is 1. The van der Waals surface area contributed by atoms with Crippen LogP contribution in [0.4, 0.5) is 11.5 Å². The number of carbonyl (C=O) groups excluding carboxylic acids is 1. The van der Waals surface area contributed by atoms with Crippen LogP contribution in [-0.4, -0.2) is 40.5 Å². The molecule has 7 nitrogen and oxygen atoms in total. The fourth-order valence-corrected chi connectivity index (χ4v) is 2.28. The molecule has 1 aliphatic rings. The minimum Gasteiger partial charge on any atom is -0.478 e. The zero-order chi connectivity index (χ0) is 15.0. The maximum atomic E-state index is 11.5. The van der Waals surface area contributed by atoms with Gasteiger partial charge in [-0.3, -0.25) is 4.79 Å². The molecule has 2 heterocycles. The summed E-state index contributed by atoms with van der Waals surface area (Å²) >= 11 is 0. The first kappa shape index (κ1) is 13.0. The van der Waals surface area contributed by atoms with Crippen LogP contribution in [0.5, 0.6) is 0 Å². The highest BCUT2D eigenvalue weighted by Crippen LogP contribution is 2.35. The monoisotopic (exact) mass is 284 g/mol. The van der Waals surface area contributed by atoms with Gasteiger partial charge in [-0.2, -0.15) is 0 Å². The molecule has 0 saturated heterocycles. The molecule has 0 radical (unpaired) electrons. The number of carbonyl (C=O) groups is 2. The van der Waals surface area contributed by atoms with Crippen molar-refractivity contribution in [2.45, 2.75) is 0 Å². The van der Waals surface area contributed by atoms with Crippen molar-refractivity contribution in [3.63, 3.8) is 0 Å². The summed E-state index contributed by atoms with van der Waals surface area (Å²) in [7, 11) is 1.79. The molecule has 1 amide bonds. The molecular formula is C14H12N4O3. The van der Waals surface area contributed by atoms with Crippen LogP contribution in [0.25, 0.3) is 11.3 Å². The van der Waals surface area contributed by atoms with E-state index in [0.717, 1.165) is 11.3 Å². The molecular weight excluding hydrogens is 272 g/mol. The summed E-state index contributed by atoms with van der Waals surface area (Å²) in [5, 5.41) is 11.6. The molecule has 21 heavy (non-hydrogen) atoms. The summed E-state index contributed by atoms with van der Waals surface area (Å²) in [5.41, 5.74) is 2.35. The van der Waals surface area contributed by atoms with Gasteiger partial charge in [0, 0.05) is 12.6 Å². The summed E-state index contributed by atoms with van der Waals surface area (Å²) < 4.78 is 0. The second kappa shape index (κ2) is 4.86. The van der Waals surface area contributed by atoms with E-state index >= 15 is 0 Å². The number of aromatic carboxylic acids is 1. The second-order valence-corrected chi connectivity index (χ2v) is 4.71. The molecule has 1 aromatic heterocycles. The molecule has 0 saturated carbocycles. The molecule has 0 atom stereocenters. The standard InChI is InChI=1S/C14H12N4O3/c1-18-6-10(19)17-13-12(18)11(15-7-16-13)8-2-4-9(5-3-8)14(20)21/h2-5,7H,6H2,1H3,(H,20,21)(H,15,16,17,19). The minimum atomic E-state index is -0.976. The van der Waals surface area contributed by atoms with Crippen molar-refractivity contribution in [3.05, 3.63) is 36.2 Å². The fraction of sp³-hybridized carbons (Fsp3) is 0.143. The Hall–Kier alpha value is -2.96. The van der Waals surface area contributed by atoms with Crippen LogP contribution in [0.3, 0.4) is 0 Å². The number of benzene rings is 1. The molecule has 7 heteroatoms. The summed E-state index contributed by atoms with van der Waals surface area (Å²) in [6, 6.07) is 6.42. The van der Waals surface area contributed by atoms with E-state index in [-0.39, 0.29) is 18.0 Å². The van der Waals surface area contributed by atoms with Gasteiger partial charge in [0.25, 0.3) is 0 Å². The highest BCUT2D eigenvalue weighted by molar-refractivity contribution is 6.02. The number of nitrogens with one attached hydrogen (secondary N) is 1. The maximum Gasteiger partial charge on any atom is 0.335 e. The number of carboxylic acid groups (broad SMARTS) is 1. The Morgan fingerprint density at radius 3 is 2.67 bits per heavy atom. The molecule has 2 N–H and O–H groups in total. The Balaban J connectivity index is 2.09. The van der Waals surface area contributed by atoms with Crippen molar-refractivity contribution < 1.29 is 14.7 Å². The van der Waals surface area contributed by atoms with Gasteiger partial charge in [-0.15, -0.1) is 0 Å². The zero-order valence-corrected chi connectivity index (χ0v) is 11.2. The first-order valence-corrected chi connectivity index (χ1v) is 6.26. The van der Waals surface area contributed by atoms with Crippen molar-refractivity contribution in [3.8, 4) is 11.3 Å². The lowest BCUT2D eigenvalue weighted by Gasteiger charge is -2.27. The average molecular weight is 284 g/mol. The molecule has 1 aliphatic heterocycles. The molecule has 0 spiro atoms. The van der Waals surface area contributed by atoms with Gasteiger partial charge in [0.2, 0.25) is 5.91 Å². The number of fused-ring (bicyclic) bond motifs is 1. The Labute approximate surface area is 120 Å². The third kappa shape index (κ3) is 2.29. The molecule has 0 bridgehead atoms. The molecule has 0 fully saturated rings. The number of hydrogen-bond acceptors (Lipinski definition) is 5. The predicted octanol–water partition coefficient (Wildman–Crippen LogP) is 1.23. The van der Waals surface area contributed by atoms with Gasteiger partial charge in [-0.05, 0) is 12.1 Å². The van der Waals surface area contributed by atoms with Gasteiger partial charge in [-0.1, -0.05) is 12.1 Å². The van der Waals surface area contributed by atoms with Gasteiger partial charge in [0.05, 0.1) is 17.8 Å². The Kier molecular flexibility index (Phi) is 3.02.